The van der Waals surface area contributed by atoms with Crippen LogP contribution in [0.1, 0.15) is 33.0 Å². The quantitative estimate of drug-likeness (QED) is 0.0932. The summed E-state index contributed by atoms with van der Waals surface area (Å²) in [5.74, 6) is -1.66. The van der Waals surface area contributed by atoms with Crippen LogP contribution in [0.2, 0.25) is 0 Å². The minimum Gasteiger partial charge on any atom is -0.350 e. The molecule has 1 aliphatic heterocycles. The van der Waals surface area contributed by atoms with Gasteiger partial charge in [0, 0.05) is 50.6 Å². The summed E-state index contributed by atoms with van der Waals surface area (Å²) in [7, 11) is 1.34. The number of hydrogen-bond donors (Lipinski definition) is 4. The second-order valence-electron chi connectivity index (χ2n) is 10.5. The minimum absolute atomic E-state index is 0.0309. The maximum Gasteiger partial charge on any atom is 0.312 e. The van der Waals surface area contributed by atoms with E-state index in [0.29, 0.717) is 34.6 Å². The third-order valence-corrected chi connectivity index (χ3v) is 9.29. The van der Waals surface area contributed by atoms with Gasteiger partial charge in [0.1, 0.15) is 24.6 Å². The lowest BCUT2D eigenvalue weighted by Crippen LogP contribution is -2.50. The van der Waals surface area contributed by atoms with Crippen LogP contribution in [0.4, 0.5) is 11.4 Å². The number of carbonyl (C=O) groups is 4. The Bertz CT molecular complexity index is 1900. The van der Waals surface area contributed by atoms with E-state index in [1.165, 1.54) is 28.8 Å². The number of aromatic nitrogens is 2. The number of alkyl halides is 1. The Morgan fingerprint density at radius 2 is 1.57 bits per heavy atom. The zero-order chi connectivity index (χ0) is 33.6. The number of aryl methyl sites for hydroxylation is 2. The zero-order valence-electron chi connectivity index (χ0n) is 25.2. The number of nitrogens with zero attached hydrogens (tertiary/aromatic N) is 4. The lowest BCUT2D eigenvalue weighted by Gasteiger charge is -2.25. The highest BCUT2D eigenvalue weighted by Gasteiger charge is 2.38. The van der Waals surface area contributed by atoms with Crippen molar-refractivity contribution in [1.82, 2.24) is 19.9 Å². The van der Waals surface area contributed by atoms with Crippen molar-refractivity contribution in [3.63, 3.8) is 0 Å². The molecule has 46 heavy (non-hydrogen) atoms. The Balaban J connectivity index is 1.49. The lowest BCUT2D eigenvalue weighted by atomic mass is 10.1. The van der Waals surface area contributed by atoms with Crippen molar-refractivity contribution in [3.05, 3.63) is 83.7 Å². The topological polar surface area (TPSA) is 184 Å². The zero-order valence-corrected chi connectivity index (χ0v) is 26.8. The fourth-order valence-corrected chi connectivity index (χ4v) is 6.42. The lowest BCUT2D eigenvalue weighted by molar-refractivity contribution is -0.849. The van der Waals surface area contributed by atoms with E-state index in [1.807, 2.05) is 6.07 Å². The van der Waals surface area contributed by atoms with Gasteiger partial charge in [0.15, 0.2) is 9.84 Å². The number of benzene rings is 1. The Kier molecular flexibility index (Phi) is 10.2. The van der Waals surface area contributed by atoms with E-state index >= 15 is 0 Å². The van der Waals surface area contributed by atoms with Crippen LogP contribution in [-0.4, -0.2) is 71.5 Å². The molecule has 3 aromatic rings. The predicted molar refractivity (Wildman–Crippen MR) is 171 cm³/mol. The molecule has 1 unspecified atom stereocenters. The highest BCUT2D eigenvalue weighted by atomic mass is 35.5. The van der Waals surface area contributed by atoms with Crippen molar-refractivity contribution in [2.24, 2.45) is 14.1 Å². The average molecular weight is 668 g/mol. The molecule has 0 saturated carbocycles. The van der Waals surface area contributed by atoms with E-state index < -0.39 is 21.7 Å². The standard InChI is InChI=1S/C30H31ClN8O6S/c1-37-16-22(14-25(37)28(41)33-11-4-10-32)35-29(42)26-15-23(17-38(26)2)36-30(43)27-13-21(18-39(27,3)34-19-40)20-5-7-24(8-6-20)46(44,45)12-9-31/h5-8,13-19H,4,9,11-12H2,1-3H3,(H3-,33,34,35,36,40,41,42,43)/p+1. The van der Waals surface area contributed by atoms with Crippen molar-refractivity contribution < 1.29 is 32.2 Å². The Morgan fingerprint density at radius 1 is 0.978 bits per heavy atom. The fourth-order valence-electron chi connectivity index (χ4n) is 4.82. The number of nitrogens with one attached hydrogen (secondary N) is 4. The predicted octanol–water partition coefficient (Wildman–Crippen LogP) is 2.26. The number of nitriles is 1. The summed E-state index contributed by atoms with van der Waals surface area (Å²) >= 11 is 5.61. The minimum atomic E-state index is -3.52. The van der Waals surface area contributed by atoms with Crippen molar-refractivity contribution >= 4 is 62.5 Å². The molecule has 4 rings (SSSR count). The number of carbonyl (C=O) groups excluding carboxylic acids is 4. The smallest absolute Gasteiger partial charge is 0.312 e. The maximum absolute atomic E-state index is 13.5. The van der Waals surface area contributed by atoms with Crippen LogP contribution < -0.4 is 21.4 Å². The van der Waals surface area contributed by atoms with E-state index in [4.69, 9.17) is 16.9 Å². The van der Waals surface area contributed by atoms with Gasteiger partial charge in [0.05, 0.1) is 34.5 Å². The third kappa shape index (κ3) is 7.37. The van der Waals surface area contributed by atoms with E-state index in [-0.39, 0.29) is 51.4 Å². The van der Waals surface area contributed by atoms with Gasteiger partial charge in [-0.25, -0.2) is 8.42 Å². The van der Waals surface area contributed by atoms with Gasteiger partial charge in [-0.15, -0.1) is 11.6 Å². The number of halogens is 1. The molecule has 0 bridgehead atoms. The fraction of sp³-hybridized carbons (Fsp3) is 0.233. The number of sulfone groups is 1. The van der Waals surface area contributed by atoms with Crippen LogP contribution in [0.15, 0.2) is 71.7 Å². The molecule has 0 aliphatic carbocycles. The molecule has 16 heteroatoms. The highest BCUT2D eigenvalue weighted by Crippen LogP contribution is 2.32. The number of rotatable bonds is 13. The van der Waals surface area contributed by atoms with Gasteiger partial charge in [-0.3, -0.25) is 19.2 Å². The second-order valence-corrected chi connectivity index (χ2v) is 13.0. The Hall–Kier alpha value is -5.17. The molecule has 0 saturated heterocycles. The van der Waals surface area contributed by atoms with Gasteiger partial charge in [0.25, 0.3) is 18.2 Å². The third-order valence-electron chi connectivity index (χ3n) is 7.15. The summed E-state index contributed by atoms with van der Waals surface area (Å²) in [6.45, 7) is 0.201. The summed E-state index contributed by atoms with van der Waals surface area (Å²) in [6, 6.07) is 11.1. The molecule has 14 nitrogen and oxygen atoms in total. The molecule has 240 valence electrons. The van der Waals surface area contributed by atoms with Gasteiger partial charge in [-0.05, 0) is 29.8 Å². The molecule has 1 aromatic carbocycles. The van der Waals surface area contributed by atoms with Crippen molar-refractivity contribution in [2.75, 3.05) is 35.9 Å². The molecule has 0 spiro atoms. The number of anilines is 2. The van der Waals surface area contributed by atoms with Crippen molar-refractivity contribution in [2.45, 2.75) is 11.3 Å². The average Bonchev–Trinajstić information content (AvgIpc) is 3.67. The molecule has 1 aliphatic rings. The van der Waals surface area contributed by atoms with Gasteiger partial charge in [-0.1, -0.05) is 12.1 Å². The van der Waals surface area contributed by atoms with Crippen LogP contribution in [0.25, 0.3) is 5.57 Å². The van der Waals surface area contributed by atoms with Crippen molar-refractivity contribution in [3.8, 4) is 6.07 Å². The number of hydrogen-bond acceptors (Lipinski definition) is 7. The number of likely N-dealkylation sites (N-methyl/N-ethyl adjacent to an activating group) is 1. The summed E-state index contributed by atoms with van der Waals surface area (Å²) in [5.41, 5.74) is 5.14. The molecular formula is C30H32ClN8O6S+. The van der Waals surface area contributed by atoms with E-state index in [1.54, 1.807) is 62.5 Å². The second kappa shape index (κ2) is 13.9. The molecule has 4 amide bonds. The van der Waals surface area contributed by atoms with Gasteiger partial charge >= 0.3 is 5.91 Å². The molecule has 3 heterocycles. The van der Waals surface area contributed by atoms with Gasteiger partial charge in [-0.2, -0.15) is 15.3 Å². The van der Waals surface area contributed by atoms with Gasteiger partial charge < -0.3 is 25.1 Å². The molecule has 2 aromatic heterocycles. The Labute approximate surface area is 270 Å². The van der Waals surface area contributed by atoms with Crippen LogP contribution >= 0.6 is 11.6 Å². The van der Waals surface area contributed by atoms with Crippen LogP contribution in [0.3, 0.4) is 0 Å². The monoisotopic (exact) mass is 667 g/mol. The van der Waals surface area contributed by atoms with E-state index in [0.717, 1.165) is 0 Å². The number of quaternary nitrogens is 1. The first-order valence-electron chi connectivity index (χ1n) is 13.8. The normalized spacial score (nSPS) is 15.7. The SMILES string of the molecule is Cn1cc(NC(=O)c2cc(NC(=O)C3=CC(c4ccc(S(=O)(=O)CCCl)cc4)=C[N+]3(C)NC=O)cn2C)cc1C(=O)NCCC#N. The van der Waals surface area contributed by atoms with E-state index in [9.17, 15) is 27.6 Å². The first-order chi connectivity index (χ1) is 21.8. The number of amides is 4. The highest BCUT2D eigenvalue weighted by molar-refractivity contribution is 7.91. The molecule has 4 N–H and O–H groups in total. The molecule has 0 fully saturated rings. The summed E-state index contributed by atoms with van der Waals surface area (Å²) in [5, 5.41) is 16.8. The Morgan fingerprint density at radius 3 is 2.13 bits per heavy atom. The largest absolute Gasteiger partial charge is 0.350 e. The number of allylic oxidation sites excluding steroid dienone is 2. The summed E-state index contributed by atoms with van der Waals surface area (Å²) in [6.07, 6.45) is 6.96. The first kappa shape index (κ1) is 33.7. The van der Waals surface area contributed by atoms with Crippen molar-refractivity contribution in [1.29, 1.82) is 5.26 Å². The van der Waals surface area contributed by atoms with Gasteiger partial charge in [0.2, 0.25) is 5.70 Å². The molecular weight excluding hydrogens is 636 g/mol. The molecule has 0 radical (unpaired) electrons. The summed E-state index contributed by atoms with van der Waals surface area (Å²) < 4.78 is 27.4. The summed E-state index contributed by atoms with van der Waals surface area (Å²) in [4.78, 5) is 50.5. The van der Waals surface area contributed by atoms with Crippen LogP contribution in [0.5, 0.6) is 0 Å². The van der Waals surface area contributed by atoms with Crippen LogP contribution in [-0.2, 0) is 33.5 Å². The van der Waals surface area contributed by atoms with E-state index in [2.05, 4.69) is 21.4 Å². The maximum atomic E-state index is 13.5. The van der Waals surface area contributed by atoms with Crippen LogP contribution in [0, 0.1) is 11.3 Å². The molecule has 1 atom stereocenters. The first-order valence-corrected chi connectivity index (χ1v) is 16.0.